The van der Waals surface area contributed by atoms with E-state index in [0.29, 0.717) is 43.8 Å². The Bertz CT molecular complexity index is 534. The van der Waals surface area contributed by atoms with Crippen LogP contribution in [0, 0.1) is 12.8 Å². The van der Waals surface area contributed by atoms with Gasteiger partial charge in [0.25, 0.3) is 5.91 Å². The zero-order chi connectivity index (χ0) is 15.4. The summed E-state index contributed by atoms with van der Waals surface area (Å²) in [7, 11) is 0. The third-order valence-electron chi connectivity index (χ3n) is 3.88. The molecular formula is C16H22N2O3. The second-order valence-electron chi connectivity index (χ2n) is 5.39. The van der Waals surface area contributed by atoms with E-state index in [4.69, 9.17) is 10.5 Å². The molecule has 21 heavy (non-hydrogen) atoms. The predicted molar refractivity (Wildman–Crippen MR) is 80.9 cm³/mol. The van der Waals surface area contributed by atoms with Crippen LogP contribution in [-0.4, -0.2) is 36.5 Å². The zero-order valence-corrected chi connectivity index (χ0v) is 12.6. The fraction of sp³-hybridized carbons (Fsp3) is 0.500. The number of piperidine rings is 1. The smallest absolute Gasteiger partial charge is 0.309 e. The van der Waals surface area contributed by atoms with E-state index >= 15 is 0 Å². The number of rotatable bonds is 3. The molecule has 114 valence electrons. The first kappa shape index (κ1) is 15.4. The van der Waals surface area contributed by atoms with Gasteiger partial charge in [-0.25, -0.2) is 0 Å². The molecule has 5 heteroatoms. The molecule has 0 aromatic heterocycles. The van der Waals surface area contributed by atoms with Gasteiger partial charge in [-0.3, -0.25) is 9.59 Å². The summed E-state index contributed by atoms with van der Waals surface area (Å²) in [6.45, 7) is 5.27. The summed E-state index contributed by atoms with van der Waals surface area (Å²) >= 11 is 0. The van der Waals surface area contributed by atoms with E-state index in [0.717, 1.165) is 5.56 Å². The maximum atomic E-state index is 12.5. The molecule has 0 atom stereocenters. The van der Waals surface area contributed by atoms with Crippen LogP contribution in [0.4, 0.5) is 5.69 Å². The highest BCUT2D eigenvalue weighted by Crippen LogP contribution is 2.22. The Morgan fingerprint density at radius 1 is 1.33 bits per heavy atom. The van der Waals surface area contributed by atoms with Crippen LogP contribution in [0.15, 0.2) is 18.2 Å². The molecule has 1 aliphatic heterocycles. The number of hydrogen-bond acceptors (Lipinski definition) is 4. The molecule has 2 N–H and O–H groups in total. The van der Waals surface area contributed by atoms with Crippen LogP contribution in [0.1, 0.15) is 35.7 Å². The van der Waals surface area contributed by atoms with Crippen LogP contribution in [0.3, 0.4) is 0 Å². The molecule has 1 aromatic rings. The largest absolute Gasteiger partial charge is 0.466 e. The lowest BCUT2D eigenvalue weighted by atomic mass is 9.96. The average Bonchev–Trinajstić information content (AvgIpc) is 2.47. The number of benzene rings is 1. The maximum Gasteiger partial charge on any atom is 0.309 e. The van der Waals surface area contributed by atoms with E-state index in [1.165, 1.54) is 0 Å². The van der Waals surface area contributed by atoms with E-state index in [1.54, 1.807) is 30.0 Å². The molecule has 1 aliphatic rings. The van der Waals surface area contributed by atoms with Gasteiger partial charge in [-0.05, 0) is 50.5 Å². The van der Waals surface area contributed by atoms with Crippen molar-refractivity contribution in [1.29, 1.82) is 0 Å². The first-order chi connectivity index (χ1) is 10.0. The minimum absolute atomic E-state index is 0.00908. The molecule has 1 amide bonds. The number of nitrogens with two attached hydrogens (primary N) is 1. The zero-order valence-electron chi connectivity index (χ0n) is 12.6. The van der Waals surface area contributed by atoms with Gasteiger partial charge in [0.2, 0.25) is 0 Å². The number of amides is 1. The number of aryl methyl sites for hydroxylation is 1. The first-order valence-corrected chi connectivity index (χ1v) is 7.35. The predicted octanol–water partition coefficient (Wildman–Crippen LogP) is 1.99. The summed E-state index contributed by atoms with van der Waals surface area (Å²) in [5.74, 6) is -0.218. The van der Waals surface area contributed by atoms with Crippen LogP contribution in [-0.2, 0) is 9.53 Å². The van der Waals surface area contributed by atoms with Gasteiger partial charge in [-0.15, -0.1) is 0 Å². The van der Waals surface area contributed by atoms with Crippen molar-refractivity contribution in [3.63, 3.8) is 0 Å². The van der Waals surface area contributed by atoms with Crippen molar-refractivity contribution in [3.05, 3.63) is 29.3 Å². The Labute approximate surface area is 125 Å². The Morgan fingerprint density at radius 2 is 2.00 bits per heavy atom. The Kier molecular flexibility index (Phi) is 4.83. The van der Waals surface area contributed by atoms with Crippen LogP contribution >= 0.6 is 0 Å². The number of nitrogen functional groups attached to an aromatic ring is 1. The summed E-state index contributed by atoms with van der Waals surface area (Å²) in [4.78, 5) is 26.0. The minimum Gasteiger partial charge on any atom is -0.466 e. The van der Waals surface area contributed by atoms with Crippen LogP contribution in [0.2, 0.25) is 0 Å². The number of carbonyl (C=O) groups is 2. The highest BCUT2D eigenvalue weighted by molar-refractivity contribution is 5.96. The number of likely N-dealkylation sites (tertiary alicyclic amines) is 1. The molecule has 1 aromatic carbocycles. The SMILES string of the molecule is CCOC(=O)C1CCN(C(=O)c2ccc(N)cc2C)CC1. The second-order valence-corrected chi connectivity index (χ2v) is 5.39. The molecule has 0 aliphatic carbocycles. The molecule has 0 saturated carbocycles. The fourth-order valence-corrected chi connectivity index (χ4v) is 2.68. The highest BCUT2D eigenvalue weighted by Gasteiger charge is 2.29. The van der Waals surface area contributed by atoms with Crippen molar-refractivity contribution < 1.29 is 14.3 Å². The Morgan fingerprint density at radius 3 is 2.57 bits per heavy atom. The number of nitrogens with zero attached hydrogens (tertiary/aromatic N) is 1. The standard InChI is InChI=1S/C16H22N2O3/c1-3-21-16(20)12-6-8-18(9-7-12)15(19)14-5-4-13(17)10-11(14)2/h4-5,10,12H,3,6-9,17H2,1-2H3. The number of ether oxygens (including phenoxy) is 1. The molecule has 0 spiro atoms. The van der Waals surface area contributed by atoms with Gasteiger partial charge in [0.15, 0.2) is 0 Å². The summed E-state index contributed by atoms with van der Waals surface area (Å²) in [5, 5.41) is 0. The van der Waals surface area contributed by atoms with E-state index < -0.39 is 0 Å². The second kappa shape index (κ2) is 6.61. The van der Waals surface area contributed by atoms with Gasteiger partial charge in [0.1, 0.15) is 0 Å². The van der Waals surface area contributed by atoms with Crippen molar-refractivity contribution in [2.75, 3.05) is 25.4 Å². The van der Waals surface area contributed by atoms with Gasteiger partial charge in [-0.2, -0.15) is 0 Å². The van der Waals surface area contributed by atoms with Gasteiger partial charge < -0.3 is 15.4 Å². The van der Waals surface area contributed by atoms with Crippen LogP contribution in [0.5, 0.6) is 0 Å². The lowest BCUT2D eigenvalue weighted by Crippen LogP contribution is -2.40. The van der Waals surface area contributed by atoms with Gasteiger partial charge in [0, 0.05) is 24.3 Å². The fourth-order valence-electron chi connectivity index (χ4n) is 2.68. The van der Waals surface area contributed by atoms with Gasteiger partial charge in [-0.1, -0.05) is 0 Å². The number of anilines is 1. The van der Waals surface area contributed by atoms with E-state index in [-0.39, 0.29) is 17.8 Å². The van der Waals surface area contributed by atoms with Crippen LogP contribution < -0.4 is 5.73 Å². The molecular weight excluding hydrogens is 268 g/mol. The number of hydrogen-bond donors (Lipinski definition) is 1. The Hall–Kier alpha value is -2.04. The van der Waals surface area contributed by atoms with Crippen molar-refractivity contribution in [1.82, 2.24) is 4.90 Å². The first-order valence-electron chi connectivity index (χ1n) is 7.35. The average molecular weight is 290 g/mol. The third kappa shape index (κ3) is 3.54. The number of carbonyl (C=O) groups excluding carboxylic acids is 2. The minimum atomic E-state index is -0.145. The van der Waals surface area contributed by atoms with Crippen molar-refractivity contribution in [2.45, 2.75) is 26.7 Å². The normalized spacial score (nSPS) is 15.8. The topological polar surface area (TPSA) is 72.6 Å². The van der Waals surface area contributed by atoms with Crippen molar-refractivity contribution >= 4 is 17.6 Å². The molecule has 1 heterocycles. The van der Waals surface area contributed by atoms with E-state index in [2.05, 4.69) is 0 Å². The number of esters is 1. The molecule has 1 saturated heterocycles. The molecule has 0 radical (unpaired) electrons. The van der Waals surface area contributed by atoms with E-state index in [9.17, 15) is 9.59 Å². The summed E-state index contributed by atoms with van der Waals surface area (Å²) in [6.07, 6.45) is 1.33. The Balaban J connectivity index is 1.98. The van der Waals surface area contributed by atoms with E-state index in [1.807, 2.05) is 6.92 Å². The molecule has 0 unspecified atom stereocenters. The lowest BCUT2D eigenvalue weighted by molar-refractivity contribution is -0.149. The molecule has 2 rings (SSSR count). The quantitative estimate of drug-likeness (QED) is 0.682. The van der Waals surface area contributed by atoms with Crippen molar-refractivity contribution in [3.8, 4) is 0 Å². The van der Waals surface area contributed by atoms with Crippen LogP contribution in [0.25, 0.3) is 0 Å². The molecule has 5 nitrogen and oxygen atoms in total. The molecule has 0 bridgehead atoms. The van der Waals surface area contributed by atoms with Crippen molar-refractivity contribution in [2.24, 2.45) is 5.92 Å². The molecule has 1 fully saturated rings. The van der Waals surface area contributed by atoms with Gasteiger partial charge in [0.05, 0.1) is 12.5 Å². The summed E-state index contributed by atoms with van der Waals surface area (Å²) in [5.41, 5.74) is 7.93. The monoisotopic (exact) mass is 290 g/mol. The third-order valence-corrected chi connectivity index (χ3v) is 3.88. The maximum absolute atomic E-state index is 12.5. The van der Waals surface area contributed by atoms with Gasteiger partial charge >= 0.3 is 5.97 Å². The summed E-state index contributed by atoms with van der Waals surface area (Å²) in [6, 6.07) is 5.31. The lowest BCUT2D eigenvalue weighted by Gasteiger charge is -2.31. The summed E-state index contributed by atoms with van der Waals surface area (Å²) < 4.78 is 5.04. The highest BCUT2D eigenvalue weighted by atomic mass is 16.5.